The summed E-state index contributed by atoms with van der Waals surface area (Å²) in [7, 11) is 0. The number of hydrogen-bond donors (Lipinski definition) is 1. The second-order valence-corrected chi connectivity index (χ2v) is 3.91. The third-order valence-corrected chi connectivity index (χ3v) is 2.46. The van der Waals surface area contributed by atoms with Gasteiger partial charge in [-0.3, -0.25) is 20.4 Å². The molecule has 1 aromatic carbocycles. The van der Waals surface area contributed by atoms with Gasteiger partial charge in [-0.25, -0.2) is 4.79 Å². The molecule has 0 aliphatic heterocycles. The standard InChI is InChI=1S/C13H11N3O4/c1-9-12(16(18)19)7-10(8-14-9)15-13(17)20-11-5-3-2-4-6-11/h2-8H,1H3,(H,15,17). The highest BCUT2D eigenvalue weighted by Crippen LogP contribution is 2.20. The quantitative estimate of drug-likeness (QED) is 0.685. The molecule has 7 heteroatoms. The molecule has 0 saturated heterocycles. The van der Waals surface area contributed by atoms with E-state index in [0.29, 0.717) is 5.75 Å². The van der Waals surface area contributed by atoms with E-state index in [2.05, 4.69) is 10.3 Å². The molecule has 102 valence electrons. The van der Waals surface area contributed by atoms with Gasteiger partial charge in [0.2, 0.25) is 0 Å². The number of pyridine rings is 1. The van der Waals surface area contributed by atoms with Gasteiger partial charge in [-0.1, -0.05) is 18.2 Å². The van der Waals surface area contributed by atoms with E-state index >= 15 is 0 Å². The Hall–Kier alpha value is -2.96. The Balaban J connectivity index is 2.08. The molecule has 20 heavy (non-hydrogen) atoms. The van der Waals surface area contributed by atoms with Crippen molar-refractivity contribution in [1.82, 2.24) is 4.98 Å². The van der Waals surface area contributed by atoms with E-state index in [0.717, 1.165) is 0 Å². The topological polar surface area (TPSA) is 94.4 Å². The Morgan fingerprint density at radius 3 is 2.70 bits per heavy atom. The van der Waals surface area contributed by atoms with E-state index in [9.17, 15) is 14.9 Å². The number of nitrogens with one attached hydrogen (secondary N) is 1. The van der Waals surface area contributed by atoms with Gasteiger partial charge >= 0.3 is 6.09 Å². The van der Waals surface area contributed by atoms with Crippen molar-refractivity contribution >= 4 is 17.5 Å². The Morgan fingerprint density at radius 2 is 2.05 bits per heavy atom. The molecule has 2 aromatic rings. The minimum Gasteiger partial charge on any atom is -0.410 e. The highest BCUT2D eigenvalue weighted by molar-refractivity contribution is 5.86. The molecule has 0 atom stereocenters. The predicted molar refractivity (Wildman–Crippen MR) is 71.7 cm³/mol. The van der Waals surface area contributed by atoms with Crippen LogP contribution in [0.2, 0.25) is 0 Å². The number of carbonyl (C=O) groups is 1. The van der Waals surface area contributed by atoms with Crippen LogP contribution in [0.3, 0.4) is 0 Å². The number of aromatic nitrogens is 1. The molecular weight excluding hydrogens is 262 g/mol. The normalized spacial score (nSPS) is 9.85. The Morgan fingerprint density at radius 1 is 1.35 bits per heavy atom. The van der Waals surface area contributed by atoms with Crippen LogP contribution in [-0.4, -0.2) is 16.0 Å². The average Bonchev–Trinajstić information content (AvgIpc) is 2.41. The van der Waals surface area contributed by atoms with Crippen LogP contribution < -0.4 is 10.1 Å². The van der Waals surface area contributed by atoms with Gasteiger partial charge in [0.25, 0.3) is 5.69 Å². The van der Waals surface area contributed by atoms with Crippen molar-refractivity contribution in [2.75, 3.05) is 5.32 Å². The first kappa shape index (κ1) is 13.5. The van der Waals surface area contributed by atoms with Crippen LogP contribution >= 0.6 is 0 Å². The minimum atomic E-state index is -0.740. The van der Waals surface area contributed by atoms with Gasteiger partial charge in [0, 0.05) is 6.07 Å². The third kappa shape index (κ3) is 3.29. The minimum absolute atomic E-state index is 0.164. The average molecular weight is 273 g/mol. The van der Waals surface area contributed by atoms with Gasteiger partial charge in [0.1, 0.15) is 11.4 Å². The van der Waals surface area contributed by atoms with Crippen molar-refractivity contribution in [2.24, 2.45) is 0 Å². The van der Waals surface area contributed by atoms with Crippen molar-refractivity contribution < 1.29 is 14.5 Å². The van der Waals surface area contributed by atoms with Crippen molar-refractivity contribution in [1.29, 1.82) is 0 Å². The van der Waals surface area contributed by atoms with Gasteiger partial charge in [0.05, 0.1) is 16.8 Å². The number of para-hydroxylation sites is 1. The molecular formula is C13H11N3O4. The monoisotopic (exact) mass is 273 g/mol. The summed E-state index contributed by atoms with van der Waals surface area (Å²) in [6.45, 7) is 1.52. The maximum absolute atomic E-state index is 11.6. The fraction of sp³-hybridized carbons (Fsp3) is 0.0769. The van der Waals surface area contributed by atoms with Crippen LogP contribution in [0.5, 0.6) is 5.75 Å². The lowest BCUT2D eigenvalue weighted by Crippen LogP contribution is -2.17. The van der Waals surface area contributed by atoms with E-state index < -0.39 is 11.0 Å². The molecule has 7 nitrogen and oxygen atoms in total. The Kier molecular flexibility index (Phi) is 3.90. The first-order chi connectivity index (χ1) is 9.56. The summed E-state index contributed by atoms with van der Waals surface area (Å²) in [6, 6.07) is 9.71. The Labute approximate surface area is 114 Å². The number of carbonyl (C=O) groups excluding carboxylic acids is 1. The maximum Gasteiger partial charge on any atom is 0.417 e. The number of rotatable bonds is 3. The predicted octanol–water partition coefficient (Wildman–Crippen LogP) is 2.91. The summed E-state index contributed by atoms with van der Waals surface area (Å²) in [6.07, 6.45) is 0.588. The number of hydrogen-bond acceptors (Lipinski definition) is 5. The fourth-order valence-electron chi connectivity index (χ4n) is 1.51. The third-order valence-electron chi connectivity index (χ3n) is 2.46. The van der Waals surface area contributed by atoms with Gasteiger partial charge < -0.3 is 4.74 Å². The molecule has 0 saturated carbocycles. The summed E-state index contributed by atoms with van der Waals surface area (Å²) in [5, 5.41) is 13.2. The molecule has 0 aliphatic carbocycles. The van der Waals surface area contributed by atoms with Crippen LogP contribution in [0, 0.1) is 17.0 Å². The molecule has 0 bridgehead atoms. The molecule has 1 N–H and O–H groups in total. The summed E-state index contributed by atoms with van der Waals surface area (Å²) < 4.78 is 5.00. The number of nitro groups is 1. The summed E-state index contributed by atoms with van der Waals surface area (Å²) >= 11 is 0. The first-order valence-corrected chi connectivity index (χ1v) is 5.71. The van der Waals surface area contributed by atoms with Crippen LogP contribution in [-0.2, 0) is 0 Å². The fourth-order valence-corrected chi connectivity index (χ4v) is 1.51. The highest BCUT2D eigenvalue weighted by Gasteiger charge is 2.14. The van der Waals surface area contributed by atoms with Gasteiger partial charge in [-0.15, -0.1) is 0 Å². The zero-order valence-corrected chi connectivity index (χ0v) is 10.6. The van der Waals surface area contributed by atoms with E-state index in [4.69, 9.17) is 4.74 Å². The SMILES string of the molecule is Cc1ncc(NC(=O)Oc2ccccc2)cc1[N+](=O)[O-]. The van der Waals surface area contributed by atoms with Crippen LogP contribution in [0.4, 0.5) is 16.2 Å². The molecule has 0 fully saturated rings. The summed E-state index contributed by atoms with van der Waals surface area (Å²) in [4.78, 5) is 25.7. The molecule has 2 rings (SSSR count). The first-order valence-electron chi connectivity index (χ1n) is 5.71. The second-order valence-electron chi connectivity index (χ2n) is 3.91. The number of benzene rings is 1. The van der Waals surface area contributed by atoms with Crippen LogP contribution in [0.15, 0.2) is 42.6 Å². The van der Waals surface area contributed by atoms with Crippen molar-refractivity contribution in [2.45, 2.75) is 6.92 Å². The highest BCUT2D eigenvalue weighted by atomic mass is 16.6. The molecule has 1 aromatic heterocycles. The molecule has 1 amide bonds. The number of amides is 1. The van der Waals surface area contributed by atoms with Gasteiger partial charge in [-0.05, 0) is 19.1 Å². The van der Waals surface area contributed by atoms with E-state index in [1.54, 1.807) is 30.3 Å². The lowest BCUT2D eigenvalue weighted by molar-refractivity contribution is -0.385. The zero-order chi connectivity index (χ0) is 14.5. The summed E-state index contributed by atoms with van der Waals surface area (Å²) in [5.41, 5.74) is 0.308. The van der Waals surface area contributed by atoms with Gasteiger partial charge in [0.15, 0.2) is 0 Å². The molecule has 0 unspecified atom stereocenters. The van der Waals surface area contributed by atoms with Crippen LogP contribution in [0.1, 0.15) is 5.69 Å². The Bertz CT molecular complexity index is 643. The van der Waals surface area contributed by atoms with Crippen molar-refractivity contribution in [3.63, 3.8) is 0 Å². The smallest absolute Gasteiger partial charge is 0.410 e. The van der Waals surface area contributed by atoms with Crippen molar-refractivity contribution in [3.05, 3.63) is 58.4 Å². The molecule has 0 aliphatic rings. The second kappa shape index (κ2) is 5.79. The number of nitrogens with zero attached hydrogens (tertiary/aromatic N) is 2. The molecule has 0 radical (unpaired) electrons. The number of ether oxygens (including phenoxy) is 1. The zero-order valence-electron chi connectivity index (χ0n) is 10.6. The number of aryl methyl sites for hydroxylation is 1. The number of anilines is 1. The largest absolute Gasteiger partial charge is 0.417 e. The summed E-state index contributed by atoms with van der Waals surface area (Å²) in [5.74, 6) is 0.375. The van der Waals surface area contributed by atoms with E-state index in [1.165, 1.54) is 19.2 Å². The van der Waals surface area contributed by atoms with Crippen molar-refractivity contribution in [3.8, 4) is 5.75 Å². The maximum atomic E-state index is 11.6. The lowest BCUT2D eigenvalue weighted by Gasteiger charge is -2.06. The van der Waals surface area contributed by atoms with Gasteiger partial charge in [-0.2, -0.15) is 0 Å². The molecule has 1 heterocycles. The van der Waals surface area contributed by atoms with E-state index in [1.807, 2.05) is 0 Å². The van der Waals surface area contributed by atoms with Crippen LogP contribution in [0.25, 0.3) is 0 Å². The lowest BCUT2D eigenvalue weighted by atomic mass is 10.3. The molecule has 0 spiro atoms. The van der Waals surface area contributed by atoms with E-state index in [-0.39, 0.29) is 17.1 Å².